The van der Waals surface area contributed by atoms with E-state index in [0.717, 1.165) is 31.7 Å². The number of hydrogen-bond acceptors (Lipinski definition) is 5. The van der Waals surface area contributed by atoms with Crippen molar-refractivity contribution in [2.24, 2.45) is 0 Å². The molecule has 20 heavy (non-hydrogen) atoms. The van der Waals surface area contributed by atoms with Gasteiger partial charge in [-0.1, -0.05) is 6.07 Å². The van der Waals surface area contributed by atoms with Crippen molar-refractivity contribution in [3.8, 4) is 0 Å². The Morgan fingerprint density at radius 3 is 3.25 bits per heavy atom. The smallest absolute Gasteiger partial charge is 0.330 e. The van der Waals surface area contributed by atoms with Crippen molar-refractivity contribution in [1.29, 1.82) is 0 Å². The Bertz CT molecular complexity index is 504. The molecule has 108 valence electrons. The van der Waals surface area contributed by atoms with Crippen molar-refractivity contribution in [3.05, 3.63) is 23.4 Å². The fourth-order valence-electron chi connectivity index (χ4n) is 3.00. The van der Waals surface area contributed by atoms with Gasteiger partial charge in [-0.2, -0.15) is 0 Å². The number of aromatic nitrogens is 1. The molecule has 1 aromatic rings. The van der Waals surface area contributed by atoms with Crippen LogP contribution in [0.3, 0.4) is 0 Å². The van der Waals surface area contributed by atoms with Crippen LogP contribution < -0.4 is 10.2 Å². The van der Waals surface area contributed by atoms with E-state index in [-0.39, 0.29) is 12.0 Å². The SMILES string of the molecule is CCOC(=O)C1CNCCN1c1ccc2c(n1)CCC2. The van der Waals surface area contributed by atoms with Crippen LogP contribution in [0.15, 0.2) is 12.1 Å². The number of anilines is 1. The molecule has 1 saturated heterocycles. The number of nitrogens with one attached hydrogen (secondary N) is 1. The molecule has 5 nitrogen and oxygen atoms in total. The van der Waals surface area contributed by atoms with E-state index in [1.807, 2.05) is 13.0 Å². The molecule has 0 bridgehead atoms. The van der Waals surface area contributed by atoms with E-state index in [1.54, 1.807) is 0 Å². The standard InChI is InChI=1S/C15H21N3O2/c1-2-20-15(19)13-10-16-8-9-18(13)14-7-6-11-4-3-5-12(11)17-14/h6-7,13,16H,2-5,8-10H2,1H3. The third-order valence-corrected chi connectivity index (χ3v) is 4.01. The summed E-state index contributed by atoms with van der Waals surface area (Å²) in [5, 5.41) is 3.26. The topological polar surface area (TPSA) is 54.5 Å². The van der Waals surface area contributed by atoms with Gasteiger partial charge in [0.1, 0.15) is 11.9 Å². The summed E-state index contributed by atoms with van der Waals surface area (Å²) in [5.74, 6) is 0.743. The van der Waals surface area contributed by atoms with Crippen LogP contribution in [0.5, 0.6) is 0 Å². The van der Waals surface area contributed by atoms with E-state index in [2.05, 4.69) is 16.3 Å². The lowest BCUT2D eigenvalue weighted by molar-refractivity contribution is -0.144. The van der Waals surface area contributed by atoms with Gasteiger partial charge < -0.3 is 15.0 Å². The zero-order valence-corrected chi connectivity index (χ0v) is 11.9. The molecule has 1 aliphatic carbocycles. The fourth-order valence-corrected chi connectivity index (χ4v) is 3.00. The first-order chi connectivity index (χ1) is 9.79. The molecule has 1 unspecified atom stereocenters. The van der Waals surface area contributed by atoms with Crippen molar-refractivity contribution in [3.63, 3.8) is 0 Å². The molecule has 0 amide bonds. The van der Waals surface area contributed by atoms with Gasteiger partial charge in [0.15, 0.2) is 0 Å². The van der Waals surface area contributed by atoms with Crippen LogP contribution in [0.25, 0.3) is 0 Å². The Hall–Kier alpha value is -1.62. The minimum atomic E-state index is -0.268. The van der Waals surface area contributed by atoms with Crippen LogP contribution in [-0.4, -0.2) is 43.2 Å². The summed E-state index contributed by atoms with van der Waals surface area (Å²) in [6, 6.07) is 3.94. The van der Waals surface area contributed by atoms with Crippen molar-refractivity contribution in [1.82, 2.24) is 10.3 Å². The Balaban J connectivity index is 1.84. The third kappa shape index (κ3) is 2.50. The monoisotopic (exact) mass is 275 g/mol. The van der Waals surface area contributed by atoms with E-state index in [0.29, 0.717) is 13.2 Å². The second-order valence-electron chi connectivity index (χ2n) is 5.29. The second-order valence-corrected chi connectivity index (χ2v) is 5.29. The molecule has 1 fully saturated rings. The highest BCUT2D eigenvalue weighted by Gasteiger charge is 2.31. The maximum absolute atomic E-state index is 12.1. The van der Waals surface area contributed by atoms with Gasteiger partial charge in [0, 0.05) is 25.3 Å². The number of fused-ring (bicyclic) bond motifs is 1. The molecule has 1 aromatic heterocycles. The predicted molar refractivity (Wildman–Crippen MR) is 76.9 cm³/mol. The lowest BCUT2D eigenvalue weighted by Crippen LogP contribution is -2.56. The van der Waals surface area contributed by atoms with E-state index < -0.39 is 0 Å². The summed E-state index contributed by atoms with van der Waals surface area (Å²) in [6.07, 6.45) is 3.37. The van der Waals surface area contributed by atoms with Crippen molar-refractivity contribution < 1.29 is 9.53 Å². The van der Waals surface area contributed by atoms with Crippen molar-refractivity contribution in [2.45, 2.75) is 32.2 Å². The maximum Gasteiger partial charge on any atom is 0.330 e. The summed E-state index contributed by atoms with van der Waals surface area (Å²) in [6.45, 7) is 4.54. The van der Waals surface area contributed by atoms with Gasteiger partial charge in [0.05, 0.1) is 6.61 Å². The number of esters is 1. The summed E-state index contributed by atoms with van der Waals surface area (Å²) in [4.78, 5) is 18.9. The second kappa shape index (κ2) is 5.79. The van der Waals surface area contributed by atoms with Gasteiger partial charge in [-0.3, -0.25) is 0 Å². The normalized spacial score (nSPS) is 21.6. The Kier molecular flexibility index (Phi) is 3.87. The molecule has 2 heterocycles. The van der Waals surface area contributed by atoms with E-state index in [4.69, 9.17) is 9.72 Å². The molecule has 2 aliphatic rings. The first-order valence-electron chi connectivity index (χ1n) is 7.42. The molecular formula is C15H21N3O2. The summed E-state index contributed by atoms with van der Waals surface area (Å²) < 4.78 is 5.18. The van der Waals surface area contributed by atoms with Gasteiger partial charge in [-0.25, -0.2) is 9.78 Å². The molecule has 0 radical (unpaired) electrons. The van der Waals surface area contributed by atoms with E-state index in [9.17, 15) is 4.79 Å². The van der Waals surface area contributed by atoms with Gasteiger partial charge in [0.2, 0.25) is 0 Å². The van der Waals surface area contributed by atoms with Crippen LogP contribution in [0.1, 0.15) is 24.6 Å². The zero-order valence-electron chi connectivity index (χ0n) is 11.9. The quantitative estimate of drug-likeness (QED) is 0.831. The summed E-state index contributed by atoms with van der Waals surface area (Å²) in [7, 11) is 0. The highest BCUT2D eigenvalue weighted by molar-refractivity contribution is 5.80. The summed E-state index contributed by atoms with van der Waals surface area (Å²) in [5.41, 5.74) is 2.56. The van der Waals surface area contributed by atoms with Crippen molar-refractivity contribution >= 4 is 11.8 Å². The summed E-state index contributed by atoms with van der Waals surface area (Å²) >= 11 is 0. The van der Waals surface area contributed by atoms with Crippen LogP contribution in [0.4, 0.5) is 5.82 Å². The predicted octanol–water partition coefficient (Wildman–Crippen LogP) is 0.912. The molecule has 0 aromatic carbocycles. The Morgan fingerprint density at radius 1 is 1.50 bits per heavy atom. The first kappa shape index (κ1) is 13.4. The highest BCUT2D eigenvalue weighted by Crippen LogP contribution is 2.25. The molecule has 1 N–H and O–H groups in total. The number of ether oxygens (including phenoxy) is 1. The number of carbonyl (C=O) groups is 1. The number of hydrogen-bond donors (Lipinski definition) is 1. The minimum Gasteiger partial charge on any atom is -0.464 e. The lowest BCUT2D eigenvalue weighted by atomic mass is 10.1. The highest BCUT2D eigenvalue weighted by atomic mass is 16.5. The van der Waals surface area contributed by atoms with Gasteiger partial charge in [-0.15, -0.1) is 0 Å². The molecule has 1 aliphatic heterocycles. The Labute approximate surface area is 119 Å². The molecule has 0 saturated carbocycles. The number of carbonyl (C=O) groups excluding carboxylic acids is 1. The van der Waals surface area contributed by atoms with Crippen molar-refractivity contribution in [2.75, 3.05) is 31.1 Å². The number of nitrogens with zero attached hydrogens (tertiary/aromatic N) is 2. The van der Waals surface area contributed by atoms with Gasteiger partial charge in [0.25, 0.3) is 0 Å². The number of piperazine rings is 1. The molecule has 1 atom stereocenters. The molecule has 5 heteroatoms. The number of aryl methyl sites for hydroxylation is 2. The van der Waals surface area contributed by atoms with Gasteiger partial charge in [-0.05, 0) is 37.8 Å². The zero-order chi connectivity index (χ0) is 13.9. The molecule has 0 spiro atoms. The van der Waals surface area contributed by atoms with Crippen LogP contribution in [0, 0.1) is 0 Å². The van der Waals surface area contributed by atoms with Crippen LogP contribution >= 0.6 is 0 Å². The average Bonchev–Trinajstić information content (AvgIpc) is 2.95. The first-order valence-corrected chi connectivity index (χ1v) is 7.42. The maximum atomic E-state index is 12.1. The number of pyridine rings is 1. The van der Waals surface area contributed by atoms with Gasteiger partial charge >= 0.3 is 5.97 Å². The number of rotatable bonds is 3. The fraction of sp³-hybridized carbons (Fsp3) is 0.600. The van der Waals surface area contributed by atoms with E-state index in [1.165, 1.54) is 17.7 Å². The van der Waals surface area contributed by atoms with Crippen LogP contribution in [-0.2, 0) is 22.4 Å². The van der Waals surface area contributed by atoms with E-state index >= 15 is 0 Å². The largest absolute Gasteiger partial charge is 0.464 e. The lowest BCUT2D eigenvalue weighted by Gasteiger charge is -2.35. The molecule has 3 rings (SSSR count). The minimum absolute atomic E-state index is 0.165. The average molecular weight is 275 g/mol. The van der Waals surface area contributed by atoms with Crippen LogP contribution in [0.2, 0.25) is 0 Å². The Morgan fingerprint density at radius 2 is 2.40 bits per heavy atom. The third-order valence-electron chi connectivity index (χ3n) is 4.01. The molecular weight excluding hydrogens is 254 g/mol.